The van der Waals surface area contributed by atoms with Crippen LogP contribution in [0.5, 0.6) is 0 Å². The van der Waals surface area contributed by atoms with Crippen molar-refractivity contribution in [1.82, 2.24) is 25.1 Å². The van der Waals surface area contributed by atoms with E-state index in [2.05, 4.69) is 26.5 Å². The number of carbonyl (C=O) groups excluding carboxylic acids is 1. The minimum atomic E-state index is -0.730. The molecule has 1 N–H and O–H groups in total. The molecule has 1 aliphatic rings. The zero-order valence-electron chi connectivity index (χ0n) is 14.9. The van der Waals surface area contributed by atoms with Gasteiger partial charge in [0.2, 0.25) is 5.91 Å². The zero-order valence-corrected chi connectivity index (χ0v) is 15.7. The van der Waals surface area contributed by atoms with E-state index in [4.69, 9.17) is 0 Å². The van der Waals surface area contributed by atoms with E-state index < -0.39 is 5.54 Å². The number of nitrogens with one attached hydrogen (secondary N) is 1. The molecule has 3 aromatic rings. The second-order valence-electron chi connectivity index (χ2n) is 6.69. The summed E-state index contributed by atoms with van der Waals surface area (Å²) in [7, 11) is 0. The molecule has 1 saturated carbocycles. The maximum atomic E-state index is 13.2. The third-order valence-corrected chi connectivity index (χ3v) is 5.80. The Balaban J connectivity index is 1.51. The van der Waals surface area contributed by atoms with Crippen molar-refractivity contribution in [2.45, 2.75) is 36.2 Å². The summed E-state index contributed by atoms with van der Waals surface area (Å²) in [5.74, 6) is -0.363. The minimum absolute atomic E-state index is 0.150. The Morgan fingerprint density at radius 3 is 2.75 bits per heavy atom. The number of carbonyl (C=O) groups is 1. The summed E-state index contributed by atoms with van der Waals surface area (Å²) in [4.78, 5) is 20.9. The van der Waals surface area contributed by atoms with Crippen molar-refractivity contribution < 1.29 is 9.18 Å². The summed E-state index contributed by atoms with van der Waals surface area (Å²) in [6, 6.07) is 8.21. The molecule has 1 fully saturated rings. The van der Waals surface area contributed by atoms with E-state index in [1.165, 1.54) is 30.2 Å². The van der Waals surface area contributed by atoms with Gasteiger partial charge in [-0.05, 0) is 49.9 Å². The minimum Gasteiger partial charge on any atom is -0.337 e. The second-order valence-corrected chi connectivity index (χ2v) is 7.65. The molecule has 1 aromatic carbocycles. The van der Waals surface area contributed by atoms with Gasteiger partial charge in [0.15, 0.2) is 5.65 Å². The van der Waals surface area contributed by atoms with Crippen LogP contribution in [-0.4, -0.2) is 36.9 Å². The van der Waals surface area contributed by atoms with E-state index in [0.29, 0.717) is 34.6 Å². The van der Waals surface area contributed by atoms with Crippen LogP contribution in [0.1, 0.15) is 25.7 Å². The number of amides is 1. The number of benzene rings is 1. The largest absolute Gasteiger partial charge is 0.337 e. The molecule has 28 heavy (non-hydrogen) atoms. The lowest BCUT2D eigenvalue weighted by Crippen LogP contribution is -2.45. The van der Waals surface area contributed by atoms with E-state index in [1.54, 1.807) is 23.0 Å². The molecule has 0 spiro atoms. The summed E-state index contributed by atoms with van der Waals surface area (Å²) in [6.45, 7) is 0. The predicted molar refractivity (Wildman–Crippen MR) is 102 cm³/mol. The Morgan fingerprint density at radius 2 is 2.04 bits per heavy atom. The third kappa shape index (κ3) is 3.55. The Labute approximate surface area is 165 Å². The van der Waals surface area contributed by atoms with Crippen LogP contribution in [0.2, 0.25) is 0 Å². The first kappa shape index (κ1) is 18.4. The predicted octanol–water partition coefficient (Wildman–Crippen LogP) is 3.00. The molecule has 1 amide bonds. The average molecular weight is 396 g/mol. The van der Waals surface area contributed by atoms with Gasteiger partial charge in [0.1, 0.15) is 22.7 Å². The van der Waals surface area contributed by atoms with Gasteiger partial charge in [-0.25, -0.2) is 19.0 Å². The smallest absolute Gasteiger partial charge is 0.231 e. The highest BCUT2D eigenvalue weighted by atomic mass is 32.2. The van der Waals surface area contributed by atoms with Crippen molar-refractivity contribution in [3.8, 4) is 11.8 Å². The van der Waals surface area contributed by atoms with E-state index in [0.717, 1.165) is 12.8 Å². The van der Waals surface area contributed by atoms with Crippen molar-refractivity contribution in [3.05, 3.63) is 42.6 Å². The average Bonchev–Trinajstić information content (AvgIpc) is 3.35. The molecule has 2 aromatic heterocycles. The maximum Gasteiger partial charge on any atom is 0.231 e. The molecule has 4 rings (SSSR count). The number of aromatic nitrogens is 4. The molecule has 142 valence electrons. The molecule has 2 heterocycles. The van der Waals surface area contributed by atoms with E-state index >= 15 is 0 Å². The Morgan fingerprint density at radius 1 is 1.29 bits per heavy atom. The van der Waals surface area contributed by atoms with Crippen molar-refractivity contribution in [1.29, 1.82) is 5.26 Å². The molecular weight excluding hydrogens is 379 g/mol. The third-order valence-electron chi connectivity index (χ3n) is 4.79. The molecule has 0 saturated heterocycles. The monoisotopic (exact) mass is 396 g/mol. The highest BCUT2D eigenvalue weighted by Gasteiger charge is 2.35. The van der Waals surface area contributed by atoms with Gasteiger partial charge in [0.05, 0.1) is 29.1 Å². The topological polar surface area (TPSA) is 96.5 Å². The van der Waals surface area contributed by atoms with Gasteiger partial charge in [-0.1, -0.05) is 11.8 Å². The molecule has 9 heteroatoms. The summed E-state index contributed by atoms with van der Waals surface area (Å²) in [6.07, 6.45) is 6.35. The first-order valence-corrected chi connectivity index (χ1v) is 9.88. The molecule has 7 nitrogen and oxygen atoms in total. The lowest BCUT2D eigenvalue weighted by Gasteiger charge is -2.21. The fraction of sp³-hybridized carbons (Fsp3) is 0.316. The summed E-state index contributed by atoms with van der Waals surface area (Å²) < 4.78 is 14.8. The number of nitrogens with zero attached hydrogens (tertiary/aromatic N) is 5. The molecular formula is C19H17FN6OS. The van der Waals surface area contributed by atoms with Crippen molar-refractivity contribution >= 4 is 28.7 Å². The number of nitriles is 1. The fourth-order valence-electron chi connectivity index (χ4n) is 3.39. The molecule has 1 aliphatic carbocycles. The van der Waals surface area contributed by atoms with Gasteiger partial charge < -0.3 is 5.32 Å². The van der Waals surface area contributed by atoms with Crippen LogP contribution in [0.4, 0.5) is 4.39 Å². The molecule has 0 unspecified atom stereocenters. The van der Waals surface area contributed by atoms with Crippen molar-refractivity contribution in [2.24, 2.45) is 0 Å². The Hall–Kier alpha value is -2.99. The summed E-state index contributed by atoms with van der Waals surface area (Å²) in [5.41, 5.74) is 0.529. The first-order chi connectivity index (χ1) is 13.6. The number of hydrogen-bond acceptors (Lipinski definition) is 6. The van der Waals surface area contributed by atoms with Crippen LogP contribution in [0.3, 0.4) is 0 Å². The standard InChI is InChI=1S/C19H17FN6OS/c20-13-3-5-14(6-4-13)26-17-15(9-24-26)18(23-12-22-17)28-10-16(27)25-19(11-21)7-1-2-8-19/h3-6,9,12H,1-2,7-8,10H2,(H,25,27). The number of hydrogen-bond donors (Lipinski definition) is 1. The first-order valence-electron chi connectivity index (χ1n) is 8.90. The van der Waals surface area contributed by atoms with E-state index in [1.807, 2.05) is 0 Å². The number of halogens is 1. The fourth-order valence-corrected chi connectivity index (χ4v) is 4.15. The number of rotatable bonds is 5. The molecule has 0 radical (unpaired) electrons. The van der Waals surface area contributed by atoms with Gasteiger partial charge in [-0.3, -0.25) is 4.79 Å². The lowest BCUT2D eigenvalue weighted by atomic mass is 10.0. The summed E-state index contributed by atoms with van der Waals surface area (Å²) >= 11 is 1.28. The van der Waals surface area contributed by atoms with Crippen LogP contribution < -0.4 is 5.32 Å². The highest BCUT2D eigenvalue weighted by molar-refractivity contribution is 8.00. The van der Waals surface area contributed by atoms with Crippen molar-refractivity contribution in [2.75, 3.05) is 5.75 Å². The van der Waals surface area contributed by atoms with Gasteiger partial charge in [-0.2, -0.15) is 10.4 Å². The maximum absolute atomic E-state index is 13.2. The summed E-state index contributed by atoms with van der Waals surface area (Å²) in [5, 5.41) is 17.9. The normalized spacial score (nSPS) is 15.4. The van der Waals surface area contributed by atoms with Gasteiger partial charge in [-0.15, -0.1) is 0 Å². The van der Waals surface area contributed by atoms with E-state index in [9.17, 15) is 14.4 Å². The number of thioether (sulfide) groups is 1. The van der Waals surface area contributed by atoms with Crippen LogP contribution in [-0.2, 0) is 4.79 Å². The van der Waals surface area contributed by atoms with Crippen LogP contribution in [0.15, 0.2) is 41.8 Å². The van der Waals surface area contributed by atoms with Crippen LogP contribution >= 0.6 is 11.8 Å². The van der Waals surface area contributed by atoms with Gasteiger partial charge in [0, 0.05) is 0 Å². The van der Waals surface area contributed by atoms with Gasteiger partial charge >= 0.3 is 0 Å². The van der Waals surface area contributed by atoms with Crippen LogP contribution in [0.25, 0.3) is 16.7 Å². The number of fused-ring (bicyclic) bond motifs is 1. The Kier molecular flexibility index (Phi) is 4.96. The quantitative estimate of drug-likeness (QED) is 0.526. The van der Waals surface area contributed by atoms with Crippen molar-refractivity contribution in [3.63, 3.8) is 0 Å². The second kappa shape index (κ2) is 7.56. The van der Waals surface area contributed by atoms with E-state index in [-0.39, 0.29) is 17.5 Å². The Bertz CT molecular complexity index is 1050. The molecule has 0 bridgehead atoms. The lowest BCUT2D eigenvalue weighted by molar-refractivity contribution is -0.119. The zero-order chi connectivity index (χ0) is 19.6. The SMILES string of the molecule is N#CC1(NC(=O)CSc2ncnc3c2cnn3-c2ccc(F)cc2)CCCC1. The molecule has 0 atom stereocenters. The molecule has 0 aliphatic heterocycles. The highest BCUT2D eigenvalue weighted by Crippen LogP contribution is 2.30. The van der Waals surface area contributed by atoms with Gasteiger partial charge in [0.25, 0.3) is 0 Å². The van der Waals surface area contributed by atoms with Crippen LogP contribution in [0, 0.1) is 17.1 Å².